The van der Waals surface area contributed by atoms with Gasteiger partial charge >= 0.3 is 5.97 Å². The number of hydrogen-bond donors (Lipinski definition) is 1. The lowest BCUT2D eigenvalue weighted by Gasteiger charge is -2.12. The molecular weight excluding hydrogens is 316 g/mol. The highest BCUT2D eigenvalue weighted by Crippen LogP contribution is 2.33. The van der Waals surface area contributed by atoms with Crippen LogP contribution >= 0.6 is 0 Å². The Morgan fingerprint density at radius 3 is 2.20 bits per heavy atom. The number of carboxylic acids is 1. The van der Waals surface area contributed by atoms with Gasteiger partial charge in [-0.2, -0.15) is 5.26 Å². The SMILES string of the molecule is N#Cc1c(-c2ccccc2)cc(-c2ccccc2)nc1OCC(=O)O. The van der Waals surface area contributed by atoms with E-state index in [2.05, 4.69) is 11.1 Å². The Labute approximate surface area is 144 Å². The predicted molar refractivity (Wildman–Crippen MR) is 93.0 cm³/mol. The van der Waals surface area contributed by atoms with Gasteiger partial charge in [0.05, 0.1) is 5.69 Å². The van der Waals surface area contributed by atoms with Crippen molar-refractivity contribution in [1.29, 1.82) is 5.26 Å². The summed E-state index contributed by atoms with van der Waals surface area (Å²) in [6.07, 6.45) is 0. The summed E-state index contributed by atoms with van der Waals surface area (Å²) in [4.78, 5) is 15.2. The average Bonchev–Trinajstić information content (AvgIpc) is 2.67. The monoisotopic (exact) mass is 330 g/mol. The molecule has 0 radical (unpaired) electrons. The topological polar surface area (TPSA) is 83.2 Å². The molecule has 25 heavy (non-hydrogen) atoms. The van der Waals surface area contributed by atoms with Gasteiger partial charge < -0.3 is 9.84 Å². The number of nitriles is 1. The molecule has 5 nitrogen and oxygen atoms in total. The largest absolute Gasteiger partial charge is 0.479 e. The second-order valence-corrected chi connectivity index (χ2v) is 5.26. The number of aromatic nitrogens is 1. The van der Waals surface area contributed by atoms with Gasteiger partial charge in [-0.3, -0.25) is 0 Å². The maximum atomic E-state index is 10.8. The van der Waals surface area contributed by atoms with Gasteiger partial charge in [-0.05, 0) is 11.6 Å². The van der Waals surface area contributed by atoms with E-state index in [1.54, 1.807) is 0 Å². The number of pyridine rings is 1. The molecule has 0 fully saturated rings. The first-order chi connectivity index (χ1) is 12.2. The minimum absolute atomic E-state index is 0.0186. The van der Waals surface area contributed by atoms with Crippen molar-refractivity contribution < 1.29 is 14.6 Å². The molecule has 0 saturated heterocycles. The van der Waals surface area contributed by atoms with E-state index in [0.29, 0.717) is 11.3 Å². The number of carbonyl (C=O) groups is 1. The lowest BCUT2D eigenvalue weighted by Crippen LogP contribution is -2.11. The third-order valence-corrected chi connectivity index (χ3v) is 3.58. The molecule has 0 aliphatic rings. The van der Waals surface area contributed by atoms with Crippen LogP contribution in [0.3, 0.4) is 0 Å². The Balaban J connectivity index is 2.20. The second kappa shape index (κ2) is 7.28. The Bertz CT molecular complexity index is 932. The van der Waals surface area contributed by atoms with Crippen molar-refractivity contribution in [2.45, 2.75) is 0 Å². The van der Waals surface area contributed by atoms with Crippen LogP contribution in [-0.2, 0) is 4.79 Å². The summed E-state index contributed by atoms with van der Waals surface area (Å²) in [5.74, 6) is -1.11. The van der Waals surface area contributed by atoms with E-state index in [-0.39, 0.29) is 11.4 Å². The Hall–Kier alpha value is -3.65. The van der Waals surface area contributed by atoms with Gasteiger partial charge in [0, 0.05) is 11.1 Å². The van der Waals surface area contributed by atoms with E-state index in [9.17, 15) is 10.1 Å². The van der Waals surface area contributed by atoms with Gasteiger partial charge in [0.1, 0.15) is 11.6 Å². The fraction of sp³-hybridized carbons (Fsp3) is 0.0500. The first-order valence-electron chi connectivity index (χ1n) is 7.59. The molecular formula is C20H14N2O3. The zero-order chi connectivity index (χ0) is 17.6. The lowest BCUT2D eigenvalue weighted by atomic mass is 9.99. The summed E-state index contributed by atoms with van der Waals surface area (Å²) in [6.45, 7) is -0.561. The molecule has 3 rings (SSSR count). The van der Waals surface area contributed by atoms with Gasteiger partial charge in [-0.1, -0.05) is 60.7 Å². The standard InChI is InChI=1S/C20H14N2O3/c21-12-17-16(14-7-3-1-4-8-14)11-18(15-9-5-2-6-10-15)22-20(17)25-13-19(23)24/h1-11H,13H2,(H,23,24). The van der Waals surface area contributed by atoms with Crippen molar-refractivity contribution in [3.63, 3.8) is 0 Å². The van der Waals surface area contributed by atoms with Gasteiger partial charge in [0.2, 0.25) is 5.88 Å². The van der Waals surface area contributed by atoms with Crippen LogP contribution < -0.4 is 4.74 Å². The molecule has 0 aliphatic heterocycles. The molecule has 1 N–H and O–H groups in total. The molecule has 0 bridgehead atoms. The van der Waals surface area contributed by atoms with Crippen molar-refractivity contribution in [2.75, 3.05) is 6.61 Å². The normalized spacial score (nSPS) is 10.0. The first kappa shape index (κ1) is 16.2. The highest BCUT2D eigenvalue weighted by molar-refractivity contribution is 5.78. The van der Waals surface area contributed by atoms with Gasteiger partial charge in [0.15, 0.2) is 6.61 Å². The average molecular weight is 330 g/mol. The van der Waals surface area contributed by atoms with Gasteiger partial charge in [0.25, 0.3) is 0 Å². The molecule has 0 unspecified atom stereocenters. The molecule has 1 aromatic heterocycles. The summed E-state index contributed by atoms with van der Waals surface area (Å²) >= 11 is 0. The van der Waals surface area contributed by atoms with Crippen LogP contribution in [0.4, 0.5) is 0 Å². The fourth-order valence-corrected chi connectivity index (χ4v) is 2.47. The molecule has 0 aliphatic carbocycles. The lowest BCUT2D eigenvalue weighted by molar-refractivity contribution is -0.139. The summed E-state index contributed by atoms with van der Waals surface area (Å²) in [5.41, 5.74) is 3.16. The third-order valence-electron chi connectivity index (χ3n) is 3.58. The summed E-state index contributed by atoms with van der Waals surface area (Å²) in [7, 11) is 0. The maximum Gasteiger partial charge on any atom is 0.341 e. The van der Waals surface area contributed by atoms with Crippen molar-refractivity contribution in [2.24, 2.45) is 0 Å². The van der Waals surface area contributed by atoms with E-state index in [1.807, 2.05) is 66.7 Å². The number of benzene rings is 2. The van der Waals surface area contributed by atoms with E-state index in [0.717, 1.165) is 11.1 Å². The minimum Gasteiger partial charge on any atom is -0.479 e. The van der Waals surface area contributed by atoms with Gasteiger partial charge in [-0.25, -0.2) is 9.78 Å². The third kappa shape index (κ3) is 3.65. The summed E-state index contributed by atoms with van der Waals surface area (Å²) < 4.78 is 5.28. The molecule has 0 amide bonds. The molecule has 1 heterocycles. The van der Waals surface area contributed by atoms with Crippen LogP contribution in [0.1, 0.15) is 5.56 Å². The van der Waals surface area contributed by atoms with Crippen LogP contribution in [0.2, 0.25) is 0 Å². The Morgan fingerprint density at radius 1 is 1.04 bits per heavy atom. The molecule has 0 saturated carbocycles. The first-order valence-corrected chi connectivity index (χ1v) is 7.59. The van der Waals surface area contributed by atoms with E-state index < -0.39 is 12.6 Å². The quantitative estimate of drug-likeness (QED) is 0.770. The number of rotatable bonds is 5. The highest BCUT2D eigenvalue weighted by atomic mass is 16.5. The zero-order valence-corrected chi connectivity index (χ0v) is 13.2. The Morgan fingerprint density at radius 2 is 1.64 bits per heavy atom. The number of hydrogen-bond acceptors (Lipinski definition) is 4. The predicted octanol–water partition coefficient (Wildman–Crippen LogP) is 3.75. The number of nitrogens with zero attached hydrogens (tertiary/aromatic N) is 2. The van der Waals surface area contributed by atoms with Crippen LogP contribution in [0.5, 0.6) is 5.88 Å². The van der Waals surface area contributed by atoms with Crippen molar-refractivity contribution in [3.05, 3.63) is 72.3 Å². The Kier molecular flexibility index (Phi) is 4.72. The highest BCUT2D eigenvalue weighted by Gasteiger charge is 2.17. The minimum atomic E-state index is -1.13. The molecule has 0 atom stereocenters. The molecule has 0 spiro atoms. The number of carboxylic acid groups (broad SMARTS) is 1. The fourth-order valence-electron chi connectivity index (χ4n) is 2.47. The smallest absolute Gasteiger partial charge is 0.341 e. The second-order valence-electron chi connectivity index (χ2n) is 5.26. The molecule has 5 heteroatoms. The van der Waals surface area contributed by atoms with Crippen LogP contribution in [0.15, 0.2) is 66.7 Å². The summed E-state index contributed by atoms with van der Waals surface area (Å²) in [5, 5.41) is 18.4. The van der Waals surface area contributed by atoms with Gasteiger partial charge in [-0.15, -0.1) is 0 Å². The van der Waals surface area contributed by atoms with E-state index in [1.165, 1.54) is 0 Å². The van der Waals surface area contributed by atoms with Crippen molar-refractivity contribution in [3.8, 4) is 34.3 Å². The number of ether oxygens (including phenoxy) is 1. The maximum absolute atomic E-state index is 10.8. The van der Waals surface area contributed by atoms with Crippen molar-refractivity contribution in [1.82, 2.24) is 4.98 Å². The number of aliphatic carboxylic acids is 1. The van der Waals surface area contributed by atoms with Crippen LogP contribution in [0, 0.1) is 11.3 Å². The van der Waals surface area contributed by atoms with Crippen LogP contribution in [-0.4, -0.2) is 22.7 Å². The van der Waals surface area contributed by atoms with E-state index >= 15 is 0 Å². The molecule has 3 aromatic rings. The van der Waals surface area contributed by atoms with E-state index in [4.69, 9.17) is 9.84 Å². The zero-order valence-electron chi connectivity index (χ0n) is 13.2. The van der Waals surface area contributed by atoms with Crippen LogP contribution in [0.25, 0.3) is 22.4 Å². The molecule has 2 aromatic carbocycles. The van der Waals surface area contributed by atoms with Crippen molar-refractivity contribution >= 4 is 5.97 Å². The summed E-state index contributed by atoms with van der Waals surface area (Å²) in [6, 6.07) is 22.7. The molecule has 122 valence electrons.